The second-order valence-corrected chi connectivity index (χ2v) is 8.84. The van der Waals surface area contributed by atoms with Crippen LogP contribution >= 0.6 is 11.6 Å². The number of aliphatic hydroxyl groups is 2. The molecular weight excluding hydrogens is 468 g/mol. The molecule has 2 atom stereocenters. The fourth-order valence-electron chi connectivity index (χ4n) is 4.63. The zero-order valence-corrected chi connectivity index (χ0v) is 18.5. The Labute approximate surface area is 198 Å². The monoisotopic (exact) mass is 487 g/mol. The lowest BCUT2D eigenvalue weighted by Crippen LogP contribution is -2.51. The summed E-state index contributed by atoms with van der Waals surface area (Å²) in [6.45, 7) is 0.486. The summed E-state index contributed by atoms with van der Waals surface area (Å²) in [6.07, 6.45) is 0.182. The number of hydrogen-bond donors (Lipinski definition) is 3. The van der Waals surface area contributed by atoms with Crippen LogP contribution in [0.2, 0.25) is 5.02 Å². The number of nitrogens with zero attached hydrogens (tertiary/aromatic N) is 2. The SMILES string of the molecule is O=C(NCc1ccc(F)cc1F)C1=CN2C(=C(O)C1O)C(=O)N1CCc3cc(Cl)ccc3[C@@H]2C1. The van der Waals surface area contributed by atoms with E-state index in [9.17, 15) is 28.6 Å². The molecule has 0 aromatic heterocycles. The maximum Gasteiger partial charge on any atom is 0.274 e. The highest BCUT2D eigenvalue weighted by Gasteiger charge is 2.45. The number of halogens is 3. The van der Waals surface area contributed by atoms with Crippen LogP contribution in [-0.2, 0) is 22.6 Å². The molecule has 3 N–H and O–H groups in total. The molecule has 3 heterocycles. The van der Waals surface area contributed by atoms with E-state index < -0.39 is 41.4 Å². The predicted molar refractivity (Wildman–Crippen MR) is 118 cm³/mol. The molecule has 1 unspecified atom stereocenters. The standard InChI is InChI=1S/C24H20ClF2N3O4/c25-14-2-4-16-12(7-14)5-6-29-11-19(16)30-10-17(21(31)22(32)20(30)24(29)34)23(33)28-9-13-1-3-15(26)8-18(13)27/h1-4,7-8,10,19,21,31-32H,5-6,9,11H2,(H,28,33)/t19-,21?/m0/s1. The minimum Gasteiger partial charge on any atom is -0.507 e. The normalized spacial score (nSPS) is 21.5. The molecule has 2 aromatic carbocycles. The molecule has 176 valence electrons. The van der Waals surface area contributed by atoms with Gasteiger partial charge in [-0.3, -0.25) is 9.59 Å². The molecule has 0 radical (unpaired) electrons. The average molecular weight is 488 g/mol. The molecule has 3 aliphatic rings. The van der Waals surface area contributed by atoms with E-state index >= 15 is 0 Å². The summed E-state index contributed by atoms with van der Waals surface area (Å²) in [4.78, 5) is 29.1. The third-order valence-corrected chi connectivity index (χ3v) is 6.62. The largest absolute Gasteiger partial charge is 0.507 e. The van der Waals surface area contributed by atoms with Gasteiger partial charge in [0.2, 0.25) is 0 Å². The van der Waals surface area contributed by atoms with Gasteiger partial charge in [-0.15, -0.1) is 0 Å². The summed E-state index contributed by atoms with van der Waals surface area (Å²) in [5.41, 5.74) is 1.60. The van der Waals surface area contributed by atoms with E-state index in [0.717, 1.165) is 17.2 Å². The van der Waals surface area contributed by atoms with E-state index in [1.165, 1.54) is 17.2 Å². The van der Waals surface area contributed by atoms with Gasteiger partial charge < -0.3 is 25.3 Å². The Kier molecular flexibility index (Phi) is 5.53. The predicted octanol–water partition coefficient (Wildman–Crippen LogP) is 2.70. The number of piperazine rings is 1. The van der Waals surface area contributed by atoms with Crippen molar-refractivity contribution in [2.45, 2.75) is 25.1 Å². The third kappa shape index (κ3) is 3.70. The molecule has 0 saturated carbocycles. The molecule has 7 nitrogen and oxygen atoms in total. The molecule has 2 amide bonds. The number of nitrogens with one attached hydrogen (secondary N) is 1. The van der Waals surface area contributed by atoms with Crippen molar-refractivity contribution in [3.05, 3.63) is 93.0 Å². The highest BCUT2D eigenvalue weighted by molar-refractivity contribution is 6.30. The first-order valence-electron chi connectivity index (χ1n) is 10.7. The van der Waals surface area contributed by atoms with Gasteiger partial charge in [-0.1, -0.05) is 23.7 Å². The molecule has 1 saturated heterocycles. The van der Waals surface area contributed by atoms with Gasteiger partial charge in [-0.05, 0) is 35.7 Å². The first kappa shape index (κ1) is 22.4. The lowest BCUT2D eigenvalue weighted by molar-refractivity contribution is -0.133. The van der Waals surface area contributed by atoms with Gasteiger partial charge in [-0.2, -0.15) is 0 Å². The molecule has 10 heteroatoms. The van der Waals surface area contributed by atoms with Crippen LogP contribution < -0.4 is 5.32 Å². The Bertz CT molecular complexity index is 1280. The fourth-order valence-corrected chi connectivity index (χ4v) is 4.82. The first-order valence-corrected chi connectivity index (χ1v) is 11.0. The van der Waals surface area contributed by atoms with Crippen molar-refractivity contribution in [2.75, 3.05) is 13.1 Å². The Morgan fingerprint density at radius 1 is 1.21 bits per heavy atom. The number of hydrogen-bond acceptors (Lipinski definition) is 5. The average Bonchev–Trinajstić information content (AvgIpc) is 2.96. The van der Waals surface area contributed by atoms with Crippen LogP contribution in [0.5, 0.6) is 0 Å². The summed E-state index contributed by atoms with van der Waals surface area (Å²) >= 11 is 6.16. The quantitative estimate of drug-likeness (QED) is 0.619. The molecule has 1 fully saturated rings. The smallest absolute Gasteiger partial charge is 0.274 e. The van der Waals surface area contributed by atoms with Crippen LogP contribution in [0.4, 0.5) is 8.78 Å². The zero-order chi connectivity index (χ0) is 24.1. The topological polar surface area (TPSA) is 93.1 Å². The molecule has 0 spiro atoms. The van der Waals surface area contributed by atoms with E-state index in [4.69, 9.17) is 11.6 Å². The maximum absolute atomic E-state index is 13.9. The number of amides is 2. The van der Waals surface area contributed by atoms with E-state index in [1.54, 1.807) is 11.0 Å². The van der Waals surface area contributed by atoms with Crippen LogP contribution in [0, 0.1) is 11.6 Å². The van der Waals surface area contributed by atoms with E-state index in [0.29, 0.717) is 30.6 Å². The summed E-state index contributed by atoms with van der Waals surface area (Å²) in [7, 11) is 0. The van der Waals surface area contributed by atoms with Crippen molar-refractivity contribution in [3.8, 4) is 0 Å². The van der Waals surface area contributed by atoms with Crippen molar-refractivity contribution in [1.82, 2.24) is 15.1 Å². The Balaban J connectivity index is 1.48. The molecule has 34 heavy (non-hydrogen) atoms. The molecular formula is C24H20ClF2N3O4. The Morgan fingerprint density at radius 2 is 2.00 bits per heavy atom. The van der Waals surface area contributed by atoms with Crippen LogP contribution in [0.1, 0.15) is 22.7 Å². The number of carbonyl (C=O) groups excluding carboxylic acids is 2. The lowest BCUT2D eigenvalue weighted by Gasteiger charge is -2.43. The number of aliphatic hydroxyl groups excluding tert-OH is 2. The van der Waals surface area contributed by atoms with Gasteiger partial charge in [0, 0.05) is 42.5 Å². The minimum absolute atomic E-state index is 0.0551. The Morgan fingerprint density at radius 3 is 2.76 bits per heavy atom. The second-order valence-electron chi connectivity index (χ2n) is 8.41. The summed E-state index contributed by atoms with van der Waals surface area (Å²) in [5, 5.41) is 24.4. The highest BCUT2D eigenvalue weighted by Crippen LogP contribution is 2.41. The summed E-state index contributed by atoms with van der Waals surface area (Å²) in [6, 6.07) is 8.00. The molecule has 3 aliphatic heterocycles. The number of benzene rings is 2. The number of fused-ring (bicyclic) bond motifs is 6. The van der Waals surface area contributed by atoms with Crippen molar-refractivity contribution < 1.29 is 28.6 Å². The van der Waals surface area contributed by atoms with E-state index in [2.05, 4.69) is 5.32 Å². The van der Waals surface area contributed by atoms with Gasteiger partial charge in [0.25, 0.3) is 11.8 Å². The molecule has 2 aromatic rings. The van der Waals surface area contributed by atoms with Crippen LogP contribution in [0.15, 0.2) is 59.6 Å². The van der Waals surface area contributed by atoms with Crippen molar-refractivity contribution in [1.29, 1.82) is 0 Å². The van der Waals surface area contributed by atoms with Crippen LogP contribution in [0.25, 0.3) is 0 Å². The third-order valence-electron chi connectivity index (χ3n) is 6.38. The highest BCUT2D eigenvalue weighted by atomic mass is 35.5. The van der Waals surface area contributed by atoms with Crippen molar-refractivity contribution >= 4 is 23.4 Å². The lowest BCUT2D eigenvalue weighted by atomic mass is 9.93. The van der Waals surface area contributed by atoms with Crippen LogP contribution in [0.3, 0.4) is 0 Å². The first-order chi connectivity index (χ1) is 16.2. The number of carbonyl (C=O) groups is 2. The summed E-state index contributed by atoms with van der Waals surface area (Å²) < 4.78 is 27.1. The molecule has 2 bridgehead atoms. The van der Waals surface area contributed by atoms with Gasteiger partial charge in [0.05, 0.1) is 11.6 Å². The number of rotatable bonds is 3. The maximum atomic E-state index is 13.9. The van der Waals surface area contributed by atoms with Gasteiger partial charge in [-0.25, -0.2) is 8.78 Å². The van der Waals surface area contributed by atoms with Gasteiger partial charge in [0.15, 0.2) is 5.76 Å². The van der Waals surface area contributed by atoms with Crippen LogP contribution in [-0.4, -0.2) is 51.0 Å². The van der Waals surface area contributed by atoms with E-state index in [1.807, 2.05) is 12.1 Å². The summed E-state index contributed by atoms with van der Waals surface area (Å²) in [5.74, 6) is -3.40. The van der Waals surface area contributed by atoms with E-state index in [-0.39, 0.29) is 23.4 Å². The van der Waals surface area contributed by atoms with Crippen molar-refractivity contribution in [2.24, 2.45) is 0 Å². The molecule has 5 rings (SSSR count). The van der Waals surface area contributed by atoms with Gasteiger partial charge >= 0.3 is 0 Å². The fraction of sp³-hybridized carbons (Fsp3) is 0.250. The second kappa shape index (κ2) is 8.41. The van der Waals surface area contributed by atoms with Crippen molar-refractivity contribution in [3.63, 3.8) is 0 Å². The Hall–Kier alpha value is -3.43. The minimum atomic E-state index is -1.74. The van der Waals surface area contributed by atoms with Gasteiger partial charge in [0.1, 0.15) is 23.4 Å². The zero-order valence-electron chi connectivity index (χ0n) is 17.8. The molecule has 0 aliphatic carbocycles.